The Morgan fingerprint density at radius 3 is 2.64 bits per heavy atom. The first-order chi connectivity index (χ1) is 18.7. The van der Waals surface area contributed by atoms with Crippen molar-refractivity contribution in [3.05, 3.63) is 65.9 Å². The number of Topliss-reactive ketones (excluding diaryl/α,β-unsaturated/α-hetero) is 1. The van der Waals surface area contributed by atoms with Gasteiger partial charge in [0.25, 0.3) is 5.91 Å². The molecule has 12 heteroatoms. The Labute approximate surface area is 231 Å². The fraction of sp³-hybridized carbons (Fsp3) is 0.370. The number of ketones is 1. The number of thiophene rings is 1. The standard InChI is InChI=1S/C27H29N5O5S2/c1-17(2)14-20(30-26(34)24-9-8-23(38-24)19-7-3-4-12-29-19)27(35)31-13-10-21-25(31)22(33)16-32(21)39(36,37)18-6-5-11-28-15-18/h3-9,11-12,15,17,20-21,25H,10,13-14,16H2,1-2H3,(H,30,34). The van der Waals surface area contributed by atoms with Gasteiger partial charge < -0.3 is 10.2 Å². The molecule has 5 heterocycles. The summed E-state index contributed by atoms with van der Waals surface area (Å²) < 4.78 is 27.7. The van der Waals surface area contributed by atoms with Crippen LogP contribution in [0, 0.1) is 5.92 Å². The molecule has 3 aromatic heterocycles. The van der Waals surface area contributed by atoms with Crippen molar-refractivity contribution >= 4 is 39.0 Å². The first-order valence-corrected chi connectivity index (χ1v) is 15.0. The fourth-order valence-electron chi connectivity index (χ4n) is 5.20. The molecule has 3 unspecified atom stereocenters. The molecule has 2 fully saturated rings. The quantitative estimate of drug-likeness (QED) is 0.443. The highest BCUT2D eigenvalue weighted by atomic mass is 32.2. The molecule has 0 aliphatic carbocycles. The second kappa shape index (κ2) is 10.9. The van der Waals surface area contributed by atoms with Gasteiger partial charge in [0, 0.05) is 25.1 Å². The monoisotopic (exact) mass is 567 g/mol. The average Bonchev–Trinajstić information content (AvgIpc) is 3.66. The van der Waals surface area contributed by atoms with Gasteiger partial charge >= 0.3 is 0 Å². The number of carbonyl (C=O) groups is 3. The topological polar surface area (TPSA) is 130 Å². The van der Waals surface area contributed by atoms with E-state index >= 15 is 0 Å². The van der Waals surface area contributed by atoms with Crippen LogP contribution in [0.5, 0.6) is 0 Å². The largest absolute Gasteiger partial charge is 0.340 e. The summed E-state index contributed by atoms with van der Waals surface area (Å²) >= 11 is 1.28. The molecule has 0 radical (unpaired) electrons. The van der Waals surface area contributed by atoms with Gasteiger partial charge in [0.2, 0.25) is 15.9 Å². The SMILES string of the molecule is CC(C)CC(NC(=O)c1ccc(-c2ccccn2)s1)C(=O)N1CCC2C1C(=O)CN2S(=O)(=O)c1cccnc1. The highest BCUT2D eigenvalue weighted by Gasteiger charge is 2.54. The summed E-state index contributed by atoms with van der Waals surface area (Å²) in [5, 5.41) is 2.88. The van der Waals surface area contributed by atoms with Gasteiger partial charge in [0.1, 0.15) is 17.0 Å². The maximum Gasteiger partial charge on any atom is 0.262 e. The Morgan fingerprint density at radius 1 is 1.13 bits per heavy atom. The van der Waals surface area contributed by atoms with Crippen LogP contribution in [0.15, 0.2) is 66.0 Å². The molecule has 2 saturated heterocycles. The molecule has 10 nitrogen and oxygen atoms in total. The molecule has 5 rings (SSSR count). The number of amides is 2. The molecule has 0 spiro atoms. The van der Waals surface area contributed by atoms with Crippen LogP contribution in [0.3, 0.4) is 0 Å². The van der Waals surface area contributed by atoms with Crippen molar-refractivity contribution in [3.63, 3.8) is 0 Å². The van der Waals surface area contributed by atoms with E-state index in [1.54, 1.807) is 12.3 Å². The third-order valence-electron chi connectivity index (χ3n) is 6.96. The molecule has 0 aromatic carbocycles. The van der Waals surface area contributed by atoms with Gasteiger partial charge in [-0.1, -0.05) is 19.9 Å². The maximum absolute atomic E-state index is 13.8. The predicted octanol–water partition coefficient (Wildman–Crippen LogP) is 2.59. The lowest BCUT2D eigenvalue weighted by atomic mass is 10.0. The van der Waals surface area contributed by atoms with E-state index in [0.29, 0.717) is 17.7 Å². The van der Waals surface area contributed by atoms with Gasteiger partial charge in [0.15, 0.2) is 5.78 Å². The molecular formula is C27H29N5O5S2. The molecule has 2 aliphatic heterocycles. The number of nitrogens with one attached hydrogen (secondary N) is 1. The zero-order valence-corrected chi connectivity index (χ0v) is 23.2. The minimum atomic E-state index is -3.95. The summed E-state index contributed by atoms with van der Waals surface area (Å²) in [6, 6.07) is 9.65. The summed E-state index contributed by atoms with van der Waals surface area (Å²) in [7, 11) is -3.95. The Morgan fingerprint density at radius 2 is 1.95 bits per heavy atom. The lowest BCUT2D eigenvalue weighted by Crippen LogP contribution is -2.52. The zero-order chi connectivity index (χ0) is 27.7. The van der Waals surface area contributed by atoms with Crippen molar-refractivity contribution in [1.29, 1.82) is 0 Å². The van der Waals surface area contributed by atoms with Gasteiger partial charge in [-0.25, -0.2) is 8.42 Å². The maximum atomic E-state index is 13.8. The van der Waals surface area contributed by atoms with Crippen LogP contribution in [0.25, 0.3) is 10.6 Å². The number of hydrogen-bond acceptors (Lipinski definition) is 8. The Bertz CT molecular complexity index is 1480. The fourth-order valence-corrected chi connectivity index (χ4v) is 7.68. The Hall–Kier alpha value is -3.48. The molecule has 39 heavy (non-hydrogen) atoms. The molecule has 2 aliphatic rings. The summed E-state index contributed by atoms with van der Waals surface area (Å²) in [6.07, 6.45) is 5.13. The highest BCUT2D eigenvalue weighted by molar-refractivity contribution is 7.89. The van der Waals surface area contributed by atoms with Gasteiger partial charge in [-0.2, -0.15) is 4.31 Å². The van der Waals surface area contributed by atoms with Crippen molar-refractivity contribution in [2.75, 3.05) is 13.1 Å². The van der Waals surface area contributed by atoms with E-state index in [4.69, 9.17) is 0 Å². The van der Waals surface area contributed by atoms with Crippen molar-refractivity contribution in [3.8, 4) is 10.6 Å². The van der Waals surface area contributed by atoms with Crippen molar-refractivity contribution in [2.24, 2.45) is 5.92 Å². The third-order valence-corrected chi connectivity index (χ3v) is 9.92. The van der Waals surface area contributed by atoms with Crippen LogP contribution in [0.1, 0.15) is 36.4 Å². The van der Waals surface area contributed by atoms with E-state index in [-0.39, 0.29) is 41.5 Å². The van der Waals surface area contributed by atoms with Crippen LogP contribution in [-0.4, -0.2) is 76.4 Å². The zero-order valence-electron chi connectivity index (χ0n) is 21.6. The molecule has 1 N–H and O–H groups in total. The Balaban J connectivity index is 1.33. The first-order valence-electron chi connectivity index (χ1n) is 12.7. The number of carbonyl (C=O) groups excluding carboxylic acids is 3. The number of likely N-dealkylation sites (tertiary alicyclic amines) is 1. The molecule has 3 atom stereocenters. The van der Waals surface area contributed by atoms with Crippen molar-refractivity contribution in [1.82, 2.24) is 24.5 Å². The minimum Gasteiger partial charge on any atom is -0.340 e. The normalized spacial score (nSPS) is 20.3. The predicted molar refractivity (Wildman–Crippen MR) is 145 cm³/mol. The number of nitrogens with zero attached hydrogens (tertiary/aromatic N) is 4. The van der Waals surface area contributed by atoms with Crippen LogP contribution in [0.2, 0.25) is 0 Å². The van der Waals surface area contributed by atoms with E-state index in [2.05, 4.69) is 15.3 Å². The number of aromatic nitrogens is 2. The number of hydrogen-bond donors (Lipinski definition) is 1. The van der Waals surface area contributed by atoms with Crippen LogP contribution in [0.4, 0.5) is 0 Å². The lowest BCUT2D eigenvalue weighted by molar-refractivity contribution is -0.138. The van der Waals surface area contributed by atoms with Gasteiger partial charge in [-0.3, -0.25) is 24.4 Å². The van der Waals surface area contributed by atoms with Crippen LogP contribution < -0.4 is 5.32 Å². The lowest BCUT2D eigenvalue weighted by Gasteiger charge is -2.29. The van der Waals surface area contributed by atoms with Crippen molar-refractivity contribution in [2.45, 2.75) is 49.7 Å². The molecule has 0 saturated carbocycles. The van der Waals surface area contributed by atoms with E-state index in [9.17, 15) is 22.8 Å². The van der Waals surface area contributed by atoms with Gasteiger partial charge in [-0.05, 0) is 55.2 Å². The van der Waals surface area contributed by atoms with Crippen LogP contribution in [-0.2, 0) is 19.6 Å². The molecular weight excluding hydrogens is 538 g/mol. The van der Waals surface area contributed by atoms with Gasteiger partial charge in [0.05, 0.1) is 28.0 Å². The van der Waals surface area contributed by atoms with E-state index in [1.807, 2.05) is 38.1 Å². The minimum absolute atomic E-state index is 0.00851. The molecule has 3 aromatic rings. The second-order valence-electron chi connectivity index (χ2n) is 10.1. The molecule has 2 amide bonds. The summed E-state index contributed by atoms with van der Waals surface area (Å²) in [6.45, 7) is 3.83. The summed E-state index contributed by atoms with van der Waals surface area (Å²) in [4.78, 5) is 51.0. The smallest absolute Gasteiger partial charge is 0.262 e. The first kappa shape index (κ1) is 27.1. The number of rotatable bonds is 8. The molecule has 204 valence electrons. The third kappa shape index (κ3) is 5.36. The average molecular weight is 568 g/mol. The highest BCUT2D eigenvalue weighted by Crippen LogP contribution is 2.34. The summed E-state index contributed by atoms with van der Waals surface area (Å²) in [5.41, 5.74) is 0.755. The number of sulfonamides is 1. The second-order valence-corrected chi connectivity index (χ2v) is 13.0. The van der Waals surface area contributed by atoms with E-state index in [0.717, 1.165) is 10.6 Å². The van der Waals surface area contributed by atoms with E-state index in [1.165, 1.54) is 45.1 Å². The molecule has 0 bridgehead atoms. The number of pyridine rings is 2. The Kier molecular flexibility index (Phi) is 7.61. The van der Waals surface area contributed by atoms with Gasteiger partial charge in [-0.15, -0.1) is 11.3 Å². The van der Waals surface area contributed by atoms with E-state index < -0.39 is 28.1 Å². The number of fused-ring (bicyclic) bond motifs is 1. The van der Waals surface area contributed by atoms with Crippen LogP contribution >= 0.6 is 11.3 Å². The van der Waals surface area contributed by atoms with Crippen molar-refractivity contribution < 1.29 is 22.8 Å². The summed E-state index contributed by atoms with van der Waals surface area (Å²) in [5.74, 6) is -0.992.